The van der Waals surface area contributed by atoms with Crippen molar-refractivity contribution in [3.8, 4) is 11.5 Å². The van der Waals surface area contributed by atoms with E-state index in [-0.39, 0.29) is 15.9 Å². The van der Waals surface area contributed by atoms with Gasteiger partial charge in [-0.1, -0.05) is 17.7 Å². The highest BCUT2D eigenvalue weighted by Gasteiger charge is 2.25. The van der Waals surface area contributed by atoms with Gasteiger partial charge in [0.15, 0.2) is 26.8 Å². The normalized spacial score (nSPS) is 12.6. The summed E-state index contributed by atoms with van der Waals surface area (Å²) in [5.41, 5.74) is 0.824. The van der Waals surface area contributed by atoms with Gasteiger partial charge in [0.2, 0.25) is 0 Å². The lowest BCUT2D eigenvalue weighted by molar-refractivity contribution is 0.237. The number of nitrogens with zero attached hydrogens (tertiary/aromatic N) is 1. The molecule has 0 saturated heterocycles. The average molecular weight is 425 g/mol. The van der Waals surface area contributed by atoms with E-state index in [4.69, 9.17) is 21.1 Å². The summed E-state index contributed by atoms with van der Waals surface area (Å²) in [6, 6.07) is 11.0. The van der Waals surface area contributed by atoms with Gasteiger partial charge in [-0.15, -0.1) is 0 Å². The number of nitrogens with one attached hydrogen (secondary N) is 1. The number of aromatic amines is 1. The minimum absolute atomic E-state index is 0.000889. The van der Waals surface area contributed by atoms with Gasteiger partial charge in [0.25, 0.3) is 0 Å². The zero-order valence-corrected chi connectivity index (χ0v) is 16.9. The Morgan fingerprint density at radius 3 is 2.32 bits per heavy atom. The number of imidazole rings is 1. The molecule has 148 valence electrons. The first-order valence-corrected chi connectivity index (χ1v) is 10.5. The minimum atomic E-state index is -3.50. The molecule has 3 aromatic rings. The highest BCUT2D eigenvalue weighted by Crippen LogP contribution is 2.31. The third-order valence-corrected chi connectivity index (χ3v) is 5.47. The Kier molecular flexibility index (Phi) is 5.62. The zero-order chi connectivity index (χ0) is 20.5. The maximum absolute atomic E-state index is 13.6. The Morgan fingerprint density at radius 2 is 1.79 bits per heavy atom. The van der Waals surface area contributed by atoms with E-state index in [9.17, 15) is 12.8 Å². The number of hydrogen-bond donors (Lipinski definition) is 1. The van der Waals surface area contributed by atoms with Gasteiger partial charge in [0.1, 0.15) is 17.3 Å². The van der Waals surface area contributed by atoms with E-state index in [2.05, 4.69) is 9.97 Å². The van der Waals surface area contributed by atoms with Gasteiger partial charge in [-0.2, -0.15) is 0 Å². The van der Waals surface area contributed by atoms with E-state index in [0.717, 1.165) is 6.26 Å². The van der Waals surface area contributed by atoms with E-state index >= 15 is 0 Å². The van der Waals surface area contributed by atoms with Gasteiger partial charge in [-0.25, -0.2) is 17.8 Å². The molecule has 3 rings (SSSR count). The molecule has 0 aliphatic heterocycles. The van der Waals surface area contributed by atoms with Crippen LogP contribution >= 0.6 is 11.6 Å². The third kappa shape index (κ3) is 4.28. The fraction of sp³-hybridized carbons (Fsp3) is 0.211. The number of H-pyrrole nitrogens is 1. The first kappa shape index (κ1) is 20.2. The summed E-state index contributed by atoms with van der Waals surface area (Å²) in [6.07, 6.45) is 0.256. The van der Waals surface area contributed by atoms with Crippen molar-refractivity contribution in [3.63, 3.8) is 0 Å². The molecule has 0 saturated carbocycles. The van der Waals surface area contributed by atoms with Gasteiger partial charge in [0, 0.05) is 11.8 Å². The van der Waals surface area contributed by atoms with Crippen LogP contribution < -0.4 is 9.47 Å². The van der Waals surface area contributed by atoms with Crippen LogP contribution in [0.15, 0.2) is 47.5 Å². The van der Waals surface area contributed by atoms with Gasteiger partial charge in [-0.3, -0.25) is 0 Å². The van der Waals surface area contributed by atoms with Gasteiger partial charge >= 0.3 is 0 Å². The second kappa shape index (κ2) is 7.81. The van der Waals surface area contributed by atoms with Crippen LogP contribution in [0.25, 0.3) is 0 Å². The average Bonchev–Trinajstić information content (AvgIpc) is 3.04. The number of aromatic nitrogens is 2. The number of benzene rings is 2. The summed E-state index contributed by atoms with van der Waals surface area (Å²) < 4.78 is 48.7. The molecule has 28 heavy (non-hydrogen) atoms. The molecule has 0 bridgehead atoms. The number of methoxy groups -OCH3 is 1. The third-order valence-electron chi connectivity index (χ3n) is 4.04. The zero-order valence-electron chi connectivity index (χ0n) is 15.4. The van der Waals surface area contributed by atoms with Crippen LogP contribution in [0.3, 0.4) is 0 Å². The largest absolute Gasteiger partial charge is 0.497 e. The summed E-state index contributed by atoms with van der Waals surface area (Å²) in [6.45, 7) is 1.58. The second-order valence-corrected chi connectivity index (χ2v) is 8.52. The van der Waals surface area contributed by atoms with Gasteiger partial charge in [-0.05, 0) is 43.3 Å². The second-order valence-electron chi connectivity index (χ2n) is 6.16. The van der Waals surface area contributed by atoms with Crippen LogP contribution in [0.1, 0.15) is 23.2 Å². The molecular formula is C19H18ClFN2O4S. The molecule has 1 aromatic heterocycles. The fourth-order valence-corrected chi connectivity index (χ4v) is 3.76. The first-order valence-electron chi connectivity index (χ1n) is 8.21. The van der Waals surface area contributed by atoms with Crippen LogP contribution in [-0.4, -0.2) is 31.8 Å². The van der Waals surface area contributed by atoms with Crippen LogP contribution in [0.5, 0.6) is 11.5 Å². The topological polar surface area (TPSA) is 81.3 Å². The van der Waals surface area contributed by atoms with E-state index < -0.39 is 21.8 Å². The number of rotatable bonds is 6. The number of aryl methyl sites for hydroxylation is 1. The molecule has 2 aromatic carbocycles. The lowest BCUT2D eigenvalue weighted by Crippen LogP contribution is -2.12. The number of sulfone groups is 1. The smallest absolute Gasteiger partial charge is 0.192 e. The minimum Gasteiger partial charge on any atom is -0.497 e. The monoisotopic (exact) mass is 424 g/mol. The van der Waals surface area contributed by atoms with Gasteiger partial charge < -0.3 is 14.5 Å². The Balaban J connectivity index is 2.07. The Morgan fingerprint density at radius 1 is 1.14 bits per heavy atom. The molecule has 0 radical (unpaired) electrons. The standard InChI is InChI=1S/C19H18ClFN2O4S/c1-11-19(28(3,24)25)23-18(22-11)17(12-4-9-16(21)15(20)10-12)27-14-7-5-13(26-2)6-8-14/h4-10,17H,1-3H3,(H,22,23). The summed E-state index contributed by atoms with van der Waals surface area (Å²) in [5, 5.41) is -0.0773. The maximum Gasteiger partial charge on any atom is 0.192 e. The van der Waals surface area contributed by atoms with Crippen molar-refractivity contribution in [2.75, 3.05) is 13.4 Å². The molecule has 0 fully saturated rings. The molecular weight excluding hydrogens is 407 g/mol. The number of ether oxygens (including phenoxy) is 2. The Hall–Kier alpha value is -2.58. The van der Waals surface area contributed by atoms with Crippen molar-refractivity contribution in [1.29, 1.82) is 0 Å². The van der Waals surface area contributed by atoms with Crippen LogP contribution in [0.2, 0.25) is 5.02 Å². The predicted octanol–water partition coefficient (Wildman–Crippen LogP) is 4.09. The Bertz CT molecular complexity index is 1100. The lowest BCUT2D eigenvalue weighted by atomic mass is 10.1. The van der Waals surface area contributed by atoms with Crippen molar-refractivity contribution in [3.05, 3.63) is 70.4 Å². The SMILES string of the molecule is COc1ccc(OC(c2ccc(F)c(Cl)c2)c2nc(C)c(S(C)(=O)=O)[nH]2)cc1. The van der Waals surface area contributed by atoms with Crippen molar-refractivity contribution in [2.45, 2.75) is 18.1 Å². The molecule has 1 atom stereocenters. The molecule has 0 spiro atoms. The Labute approximate surface area is 167 Å². The highest BCUT2D eigenvalue weighted by atomic mass is 35.5. The van der Waals surface area contributed by atoms with Gasteiger partial charge in [0.05, 0.1) is 17.8 Å². The van der Waals surface area contributed by atoms with E-state index in [0.29, 0.717) is 22.8 Å². The highest BCUT2D eigenvalue weighted by molar-refractivity contribution is 7.90. The molecule has 1 unspecified atom stereocenters. The van der Waals surface area contributed by atoms with Crippen LogP contribution in [-0.2, 0) is 9.84 Å². The maximum atomic E-state index is 13.6. The van der Waals surface area contributed by atoms with E-state index in [1.165, 1.54) is 18.2 Å². The quantitative estimate of drug-likeness (QED) is 0.644. The predicted molar refractivity (Wildman–Crippen MR) is 103 cm³/mol. The molecule has 1 heterocycles. The molecule has 1 N–H and O–H groups in total. The van der Waals surface area contributed by atoms with E-state index in [1.807, 2.05) is 0 Å². The summed E-state index contributed by atoms with van der Waals surface area (Å²) in [4.78, 5) is 7.13. The fourth-order valence-electron chi connectivity index (χ4n) is 2.70. The lowest BCUT2D eigenvalue weighted by Gasteiger charge is -2.18. The number of halogens is 2. The van der Waals surface area contributed by atoms with Crippen LogP contribution in [0, 0.1) is 12.7 Å². The molecule has 9 heteroatoms. The van der Waals surface area contributed by atoms with E-state index in [1.54, 1.807) is 38.3 Å². The first-order chi connectivity index (χ1) is 13.2. The summed E-state index contributed by atoms with van der Waals surface area (Å²) in [7, 11) is -1.95. The van der Waals surface area contributed by atoms with Crippen molar-refractivity contribution >= 4 is 21.4 Å². The van der Waals surface area contributed by atoms with Crippen molar-refractivity contribution in [1.82, 2.24) is 9.97 Å². The molecule has 0 aliphatic carbocycles. The van der Waals surface area contributed by atoms with Crippen LogP contribution in [0.4, 0.5) is 4.39 Å². The summed E-state index contributed by atoms with van der Waals surface area (Å²) >= 11 is 5.92. The van der Waals surface area contributed by atoms with Crippen molar-refractivity contribution in [2.24, 2.45) is 0 Å². The summed E-state index contributed by atoms with van der Waals surface area (Å²) in [5.74, 6) is 0.834. The molecule has 6 nitrogen and oxygen atoms in total. The molecule has 0 aliphatic rings. The van der Waals surface area contributed by atoms with Crippen molar-refractivity contribution < 1.29 is 22.3 Å². The molecule has 0 amide bonds. The number of hydrogen-bond acceptors (Lipinski definition) is 5.